The Balaban J connectivity index is 3.68. The van der Waals surface area contributed by atoms with Crippen LogP contribution in [0.5, 0.6) is 0 Å². The lowest BCUT2D eigenvalue weighted by Gasteiger charge is -2.11. The lowest BCUT2D eigenvalue weighted by atomic mass is 10.2. The molecule has 1 atom stereocenters. The van der Waals surface area contributed by atoms with Gasteiger partial charge in [-0.3, -0.25) is 4.79 Å². The first-order valence-electron chi connectivity index (χ1n) is 3.50. The van der Waals surface area contributed by atoms with E-state index in [0.29, 0.717) is 0 Å². The van der Waals surface area contributed by atoms with Gasteiger partial charge in [0.05, 0.1) is 0 Å². The molecule has 1 unspecified atom stereocenters. The zero-order valence-corrected chi connectivity index (χ0v) is 6.81. The Kier molecular flexibility index (Phi) is 4.94. The number of methoxy groups -OCH3 is 1. The van der Waals surface area contributed by atoms with Gasteiger partial charge < -0.3 is 10.1 Å². The van der Waals surface area contributed by atoms with E-state index in [2.05, 4.69) is 5.32 Å². The molecule has 10 heavy (non-hydrogen) atoms. The molecular formula is C7H15NO2. The van der Waals surface area contributed by atoms with Gasteiger partial charge in [0.1, 0.15) is 6.10 Å². The zero-order chi connectivity index (χ0) is 7.98. The van der Waals surface area contributed by atoms with Gasteiger partial charge in [-0.05, 0) is 6.42 Å². The molecular weight excluding hydrogens is 130 g/mol. The quantitative estimate of drug-likeness (QED) is 0.627. The van der Waals surface area contributed by atoms with Gasteiger partial charge in [0.25, 0.3) is 0 Å². The summed E-state index contributed by atoms with van der Waals surface area (Å²) in [4.78, 5) is 10.9. The number of carbonyl (C=O) groups excluding carboxylic acids is 1. The highest BCUT2D eigenvalue weighted by Gasteiger charge is 2.13. The first-order valence-corrected chi connectivity index (χ1v) is 3.50. The second-order valence-electron chi connectivity index (χ2n) is 2.13. The second-order valence-corrected chi connectivity index (χ2v) is 2.13. The van der Waals surface area contributed by atoms with Gasteiger partial charge in [-0.1, -0.05) is 13.3 Å². The molecule has 0 heterocycles. The van der Waals surface area contributed by atoms with Crippen LogP contribution in [-0.4, -0.2) is 26.2 Å². The van der Waals surface area contributed by atoms with Crippen LogP contribution < -0.4 is 5.32 Å². The van der Waals surface area contributed by atoms with Gasteiger partial charge in [0, 0.05) is 14.2 Å². The van der Waals surface area contributed by atoms with E-state index in [9.17, 15) is 4.79 Å². The lowest BCUT2D eigenvalue weighted by molar-refractivity contribution is -0.130. The molecule has 0 saturated heterocycles. The van der Waals surface area contributed by atoms with Gasteiger partial charge in [0.2, 0.25) is 5.91 Å². The molecule has 0 spiro atoms. The molecule has 0 rings (SSSR count). The predicted octanol–water partition coefficient (Wildman–Crippen LogP) is 0.547. The molecule has 60 valence electrons. The number of likely N-dealkylation sites (N-methyl/N-ethyl adjacent to an activating group) is 1. The maximum Gasteiger partial charge on any atom is 0.248 e. The van der Waals surface area contributed by atoms with Crippen molar-refractivity contribution >= 4 is 5.91 Å². The van der Waals surface area contributed by atoms with Gasteiger partial charge in [-0.15, -0.1) is 0 Å². The monoisotopic (exact) mass is 145 g/mol. The van der Waals surface area contributed by atoms with E-state index < -0.39 is 0 Å². The molecule has 1 amide bonds. The van der Waals surface area contributed by atoms with Crippen molar-refractivity contribution in [3.05, 3.63) is 0 Å². The average molecular weight is 145 g/mol. The molecule has 1 N–H and O–H groups in total. The van der Waals surface area contributed by atoms with Crippen molar-refractivity contribution in [1.82, 2.24) is 5.32 Å². The largest absolute Gasteiger partial charge is 0.372 e. The summed E-state index contributed by atoms with van der Waals surface area (Å²) < 4.78 is 4.93. The van der Waals surface area contributed by atoms with Gasteiger partial charge in [-0.2, -0.15) is 0 Å². The number of carbonyl (C=O) groups is 1. The number of ether oxygens (including phenoxy) is 1. The van der Waals surface area contributed by atoms with Crippen LogP contribution >= 0.6 is 0 Å². The van der Waals surface area contributed by atoms with Crippen LogP contribution in [0, 0.1) is 0 Å². The molecule has 0 aliphatic heterocycles. The summed E-state index contributed by atoms with van der Waals surface area (Å²) in [5.74, 6) is -0.0376. The van der Waals surface area contributed by atoms with Crippen LogP contribution in [0.15, 0.2) is 0 Å². The summed E-state index contributed by atoms with van der Waals surface area (Å²) in [6.07, 6.45) is 1.48. The Labute approximate surface area is 61.8 Å². The highest BCUT2D eigenvalue weighted by molar-refractivity contribution is 5.80. The standard InChI is InChI=1S/C7H15NO2/c1-4-5-6(10-3)7(9)8-2/h6H,4-5H2,1-3H3,(H,8,9). The molecule has 3 nitrogen and oxygen atoms in total. The van der Waals surface area contributed by atoms with Crippen molar-refractivity contribution in [3.63, 3.8) is 0 Å². The third-order valence-electron chi connectivity index (χ3n) is 1.37. The van der Waals surface area contributed by atoms with Crippen molar-refractivity contribution in [3.8, 4) is 0 Å². The molecule has 0 bridgehead atoms. The Hall–Kier alpha value is -0.570. The Morgan fingerprint density at radius 3 is 2.60 bits per heavy atom. The molecule has 0 aliphatic carbocycles. The minimum absolute atomic E-state index is 0.0376. The fourth-order valence-corrected chi connectivity index (χ4v) is 0.779. The average Bonchev–Trinajstić information content (AvgIpc) is 1.99. The van der Waals surface area contributed by atoms with Crippen molar-refractivity contribution in [2.24, 2.45) is 0 Å². The fraction of sp³-hybridized carbons (Fsp3) is 0.857. The van der Waals surface area contributed by atoms with Gasteiger partial charge in [0.15, 0.2) is 0 Å². The summed E-state index contributed by atoms with van der Waals surface area (Å²) >= 11 is 0. The maximum atomic E-state index is 10.9. The van der Waals surface area contributed by atoms with E-state index in [1.54, 1.807) is 14.2 Å². The Morgan fingerprint density at radius 1 is 1.70 bits per heavy atom. The van der Waals surface area contributed by atoms with Crippen LogP contribution in [0.4, 0.5) is 0 Å². The summed E-state index contributed by atoms with van der Waals surface area (Å²) in [7, 11) is 3.17. The second kappa shape index (κ2) is 5.23. The van der Waals surface area contributed by atoms with Crippen molar-refractivity contribution in [2.45, 2.75) is 25.9 Å². The van der Waals surface area contributed by atoms with Crippen molar-refractivity contribution in [2.75, 3.05) is 14.2 Å². The fourth-order valence-electron chi connectivity index (χ4n) is 0.779. The molecule has 0 aliphatic rings. The van der Waals surface area contributed by atoms with Crippen molar-refractivity contribution in [1.29, 1.82) is 0 Å². The van der Waals surface area contributed by atoms with Crippen LogP contribution in [0.2, 0.25) is 0 Å². The molecule has 0 aromatic heterocycles. The first kappa shape index (κ1) is 9.43. The highest BCUT2D eigenvalue weighted by atomic mass is 16.5. The SMILES string of the molecule is CCCC(OC)C(=O)NC. The van der Waals surface area contributed by atoms with E-state index in [1.165, 1.54) is 0 Å². The number of hydrogen-bond donors (Lipinski definition) is 1. The third kappa shape index (κ3) is 2.82. The van der Waals surface area contributed by atoms with Crippen molar-refractivity contribution < 1.29 is 9.53 Å². The minimum atomic E-state index is -0.269. The summed E-state index contributed by atoms with van der Waals surface area (Å²) in [6.45, 7) is 2.02. The predicted molar refractivity (Wildman–Crippen MR) is 39.8 cm³/mol. The van der Waals surface area contributed by atoms with Crippen LogP contribution in [0.25, 0.3) is 0 Å². The lowest BCUT2D eigenvalue weighted by Crippen LogP contribution is -2.33. The van der Waals surface area contributed by atoms with E-state index in [1.807, 2.05) is 6.92 Å². The van der Waals surface area contributed by atoms with Gasteiger partial charge >= 0.3 is 0 Å². The minimum Gasteiger partial charge on any atom is -0.372 e. The highest BCUT2D eigenvalue weighted by Crippen LogP contribution is 1.99. The zero-order valence-electron chi connectivity index (χ0n) is 6.81. The number of hydrogen-bond acceptors (Lipinski definition) is 2. The number of rotatable bonds is 4. The first-order chi connectivity index (χ1) is 4.76. The van der Waals surface area contributed by atoms with Crippen LogP contribution in [-0.2, 0) is 9.53 Å². The van der Waals surface area contributed by atoms with Gasteiger partial charge in [-0.25, -0.2) is 0 Å². The van der Waals surface area contributed by atoms with E-state index in [0.717, 1.165) is 12.8 Å². The van der Waals surface area contributed by atoms with Crippen LogP contribution in [0.1, 0.15) is 19.8 Å². The smallest absolute Gasteiger partial charge is 0.248 e. The molecule has 0 fully saturated rings. The Bertz CT molecular complexity index is 104. The third-order valence-corrected chi connectivity index (χ3v) is 1.37. The van der Waals surface area contributed by atoms with E-state index in [4.69, 9.17) is 4.74 Å². The maximum absolute atomic E-state index is 10.9. The van der Waals surface area contributed by atoms with E-state index in [-0.39, 0.29) is 12.0 Å². The molecule has 0 aromatic rings. The summed E-state index contributed by atoms with van der Waals surface area (Å²) in [5, 5.41) is 2.54. The van der Waals surface area contributed by atoms with E-state index >= 15 is 0 Å². The number of nitrogens with one attached hydrogen (secondary N) is 1. The Morgan fingerprint density at radius 2 is 2.30 bits per heavy atom. The topological polar surface area (TPSA) is 38.3 Å². The summed E-state index contributed by atoms with van der Waals surface area (Å²) in [6, 6.07) is 0. The molecule has 0 aromatic carbocycles. The normalized spacial score (nSPS) is 12.7. The summed E-state index contributed by atoms with van der Waals surface area (Å²) in [5.41, 5.74) is 0. The number of amides is 1. The molecule has 3 heteroatoms. The molecule has 0 radical (unpaired) electrons. The van der Waals surface area contributed by atoms with Crippen LogP contribution in [0.3, 0.4) is 0 Å². The molecule has 0 saturated carbocycles.